The van der Waals surface area contributed by atoms with E-state index >= 15 is 0 Å². The van der Waals surface area contributed by atoms with Crippen LogP contribution in [0.3, 0.4) is 0 Å². The summed E-state index contributed by atoms with van der Waals surface area (Å²) in [6.45, 7) is 0.0235. The van der Waals surface area contributed by atoms with Gasteiger partial charge in [0.2, 0.25) is 10.8 Å². The molecular weight excluding hydrogens is 548 g/mol. The predicted octanol–water partition coefficient (Wildman–Crippen LogP) is 4.13. The maximum Gasteiger partial charge on any atom is 0.271 e. The summed E-state index contributed by atoms with van der Waals surface area (Å²) in [6, 6.07) is 13.4. The summed E-state index contributed by atoms with van der Waals surface area (Å²) < 4.78 is 42.1. The molecule has 2 aliphatic rings. The Morgan fingerprint density at radius 1 is 1.03 bits per heavy atom. The van der Waals surface area contributed by atoms with Gasteiger partial charge in [-0.2, -0.15) is 0 Å². The van der Waals surface area contributed by atoms with Gasteiger partial charge >= 0.3 is 0 Å². The van der Waals surface area contributed by atoms with E-state index in [1.54, 1.807) is 24.3 Å². The summed E-state index contributed by atoms with van der Waals surface area (Å²) in [4.78, 5) is 37.9. The molecule has 0 aromatic heterocycles. The first-order chi connectivity index (χ1) is 16.6. The third kappa shape index (κ3) is 3.47. The number of nitrogens with zero attached hydrogens (tertiary/aromatic N) is 3. The zero-order chi connectivity index (χ0) is 25.1. The maximum atomic E-state index is 14.1. The minimum Gasteiger partial charge on any atom is -0.304 e. The topological polar surface area (TPSA) is 101 Å². The van der Waals surface area contributed by atoms with Crippen LogP contribution in [0.4, 0.5) is 25.8 Å². The van der Waals surface area contributed by atoms with Crippen LogP contribution < -0.4 is 9.80 Å². The van der Waals surface area contributed by atoms with E-state index in [0.717, 1.165) is 33.6 Å². The van der Waals surface area contributed by atoms with E-state index in [-0.39, 0.29) is 29.2 Å². The highest BCUT2D eigenvalue weighted by Gasteiger charge is 2.65. The number of amides is 2. The van der Waals surface area contributed by atoms with Gasteiger partial charge in [0.05, 0.1) is 28.0 Å². The van der Waals surface area contributed by atoms with Crippen LogP contribution in [0.5, 0.6) is 0 Å². The van der Waals surface area contributed by atoms with Crippen molar-refractivity contribution in [3.63, 3.8) is 0 Å². The molecule has 1 fully saturated rings. The molecule has 5 rings (SSSR count). The molecule has 0 bridgehead atoms. The van der Waals surface area contributed by atoms with E-state index in [0.29, 0.717) is 5.56 Å². The van der Waals surface area contributed by atoms with Crippen molar-refractivity contribution in [3.8, 4) is 0 Å². The number of hydrogen-bond donors (Lipinski definition) is 0. The van der Waals surface area contributed by atoms with Gasteiger partial charge in [-0.3, -0.25) is 28.8 Å². The van der Waals surface area contributed by atoms with Crippen LogP contribution in [0.1, 0.15) is 11.1 Å². The number of non-ortho nitro benzene ring substituents is 1. The second-order valence-electron chi connectivity index (χ2n) is 7.94. The van der Waals surface area contributed by atoms with Gasteiger partial charge in [-0.15, -0.1) is 0 Å². The second kappa shape index (κ2) is 8.31. The number of rotatable bonds is 4. The molecule has 3 aromatic carbocycles. The van der Waals surface area contributed by atoms with Crippen LogP contribution in [0.15, 0.2) is 65.1 Å². The van der Waals surface area contributed by atoms with E-state index in [2.05, 4.69) is 15.9 Å². The SMILES string of the molecule is O=C1CS(=O)C2(C(=O)N(Cc3ccc(Br)cc3)c3ccc([N+](=O)[O-])cc32)N1c1ccc(F)c(F)c1. The number of fused-ring (bicyclic) bond motifs is 2. The Kier molecular flexibility index (Phi) is 5.52. The molecule has 0 radical (unpaired) electrons. The lowest BCUT2D eigenvalue weighted by Crippen LogP contribution is -2.52. The van der Waals surface area contributed by atoms with E-state index in [9.17, 15) is 32.7 Å². The quantitative estimate of drug-likeness (QED) is 0.352. The highest BCUT2D eigenvalue weighted by atomic mass is 79.9. The molecule has 2 heterocycles. The Balaban J connectivity index is 1.74. The molecule has 0 aliphatic carbocycles. The monoisotopic (exact) mass is 561 g/mol. The van der Waals surface area contributed by atoms with Crippen LogP contribution >= 0.6 is 15.9 Å². The fourth-order valence-corrected chi connectivity index (χ4v) is 6.38. The molecular formula is C23H14BrF2N3O5S. The second-order valence-corrected chi connectivity index (χ2v) is 10.4. The van der Waals surface area contributed by atoms with Crippen LogP contribution in [0.2, 0.25) is 0 Å². The zero-order valence-electron chi connectivity index (χ0n) is 17.6. The molecule has 0 N–H and O–H groups in total. The average molecular weight is 562 g/mol. The standard InChI is InChI=1S/C23H14BrF2N3O5S/c24-14-3-1-13(2-4-14)11-27-20-8-6-16(29(32)33)9-17(20)23(22(27)31)28(21(30)12-35(23)34)15-5-7-18(25)19(26)10-15/h1-10H,11-12H2. The average Bonchev–Trinajstić information content (AvgIpc) is 3.22. The summed E-state index contributed by atoms with van der Waals surface area (Å²) in [5.41, 5.74) is 0.373. The normalized spacial score (nSPS) is 21.2. The maximum absolute atomic E-state index is 14.1. The van der Waals surface area contributed by atoms with Crippen molar-refractivity contribution in [2.24, 2.45) is 0 Å². The molecule has 0 saturated carbocycles. The molecule has 3 aromatic rings. The highest BCUT2D eigenvalue weighted by Crippen LogP contribution is 2.52. The van der Waals surface area contributed by atoms with E-state index < -0.39 is 49.8 Å². The van der Waals surface area contributed by atoms with Crippen LogP contribution in [0.25, 0.3) is 0 Å². The zero-order valence-corrected chi connectivity index (χ0v) is 20.0. The summed E-state index contributed by atoms with van der Waals surface area (Å²) >= 11 is 3.34. The first-order valence-corrected chi connectivity index (χ1v) is 12.3. The molecule has 2 amide bonds. The van der Waals surface area contributed by atoms with Gasteiger partial charge in [0.1, 0.15) is 5.75 Å². The largest absolute Gasteiger partial charge is 0.304 e. The minimum absolute atomic E-state index is 0.0114. The summed E-state index contributed by atoms with van der Waals surface area (Å²) in [6.07, 6.45) is 0. The molecule has 2 aliphatic heterocycles. The van der Waals surface area contributed by atoms with Crippen molar-refractivity contribution in [1.29, 1.82) is 0 Å². The number of carbonyl (C=O) groups is 2. The lowest BCUT2D eigenvalue weighted by Gasteiger charge is -2.32. The number of nitro benzene ring substituents is 1. The molecule has 12 heteroatoms. The molecule has 35 heavy (non-hydrogen) atoms. The third-order valence-corrected chi connectivity index (χ3v) is 8.22. The number of halogens is 3. The Hall–Kier alpha value is -3.51. The summed E-state index contributed by atoms with van der Waals surface area (Å²) in [5.74, 6) is -4.52. The minimum atomic E-state index is -2.19. The molecule has 8 nitrogen and oxygen atoms in total. The molecule has 2 atom stereocenters. The number of anilines is 2. The van der Waals surface area contributed by atoms with Gasteiger partial charge in [0.15, 0.2) is 11.6 Å². The number of nitro groups is 1. The van der Waals surface area contributed by atoms with E-state index in [1.165, 1.54) is 17.0 Å². The highest BCUT2D eigenvalue weighted by molar-refractivity contribution is 9.10. The molecule has 2 unspecified atom stereocenters. The molecule has 1 saturated heterocycles. The smallest absolute Gasteiger partial charge is 0.271 e. The van der Waals surface area contributed by atoms with Crippen LogP contribution in [-0.4, -0.2) is 26.7 Å². The first kappa shape index (κ1) is 23.2. The van der Waals surface area contributed by atoms with Crippen molar-refractivity contribution in [1.82, 2.24) is 0 Å². The Morgan fingerprint density at radius 2 is 1.74 bits per heavy atom. The Labute approximate surface area is 207 Å². The van der Waals surface area contributed by atoms with Crippen LogP contribution in [0, 0.1) is 21.7 Å². The summed E-state index contributed by atoms with van der Waals surface area (Å²) in [5, 5.41) is 11.5. The number of hydrogen-bond acceptors (Lipinski definition) is 5. The van der Waals surface area contributed by atoms with Gasteiger partial charge < -0.3 is 4.90 Å². The van der Waals surface area contributed by atoms with Crippen LogP contribution in [-0.2, 0) is 31.8 Å². The fraction of sp³-hybridized carbons (Fsp3) is 0.130. The van der Waals surface area contributed by atoms with E-state index in [4.69, 9.17) is 0 Å². The van der Waals surface area contributed by atoms with Gasteiger partial charge in [0.25, 0.3) is 11.6 Å². The first-order valence-electron chi connectivity index (χ1n) is 10.2. The van der Waals surface area contributed by atoms with Crippen molar-refractivity contribution in [2.75, 3.05) is 15.6 Å². The van der Waals surface area contributed by atoms with Gasteiger partial charge in [-0.25, -0.2) is 8.78 Å². The van der Waals surface area contributed by atoms with Gasteiger partial charge in [0, 0.05) is 33.9 Å². The molecule has 178 valence electrons. The Morgan fingerprint density at radius 3 is 2.40 bits per heavy atom. The van der Waals surface area contributed by atoms with Crippen molar-refractivity contribution in [2.45, 2.75) is 11.4 Å². The fourth-order valence-electron chi connectivity index (χ4n) is 4.43. The van der Waals surface area contributed by atoms with Gasteiger partial charge in [-0.05, 0) is 35.9 Å². The van der Waals surface area contributed by atoms with E-state index in [1.807, 2.05) is 0 Å². The number of carbonyl (C=O) groups excluding carboxylic acids is 2. The number of benzene rings is 3. The third-order valence-electron chi connectivity index (χ3n) is 5.95. The lowest BCUT2D eigenvalue weighted by molar-refractivity contribution is -0.384. The van der Waals surface area contributed by atoms with Crippen molar-refractivity contribution >= 4 is 55.6 Å². The van der Waals surface area contributed by atoms with Crippen molar-refractivity contribution < 1.29 is 27.5 Å². The molecule has 1 spiro atoms. The van der Waals surface area contributed by atoms with Gasteiger partial charge in [-0.1, -0.05) is 28.1 Å². The predicted molar refractivity (Wildman–Crippen MR) is 127 cm³/mol. The lowest BCUT2D eigenvalue weighted by atomic mass is 10.0. The van der Waals surface area contributed by atoms with Crippen molar-refractivity contribution in [3.05, 3.63) is 98.0 Å². The summed E-state index contributed by atoms with van der Waals surface area (Å²) in [7, 11) is -2.19. The Bertz CT molecular complexity index is 1450.